The van der Waals surface area contributed by atoms with Crippen molar-refractivity contribution >= 4 is 14.7 Å². The molecule has 0 aliphatic heterocycles. The minimum absolute atomic E-state index is 0. The normalized spacial score (nSPS) is 6.64. The molecule has 0 saturated carbocycles. The lowest BCUT2D eigenvalue weighted by Gasteiger charge is -1.70. The van der Waals surface area contributed by atoms with Crippen molar-refractivity contribution in [1.82, 2.24) is 4.98 Å². The third-order valence-electron chi connectivity index (χ3n) is 0.733. The molecule has 0 saturated heterocycles. The number of pyridine rings is 1. The zero-order valence-corrected chi connectivity index (χ0v) is 6.03. The van der Waals surface area contributed by atoms with Crippen LogP contribution >= 0.6 is 0 Å². The summed E-state index contributed by atoms with van der Waals surface area (Å²) >= 11 is 0. The van der Waals surface area contributed by atoms with E-state index in [2.05, 4.69) is 4.98 Å². The Morgan fingerprint density at radius 2 is 1.73 bits per heavy atom. The van der Waals surface area contributed by atoms with Gasteiger partial charge in [0.25, 0.3) is 0 Å². The molecule has 0 radical (unpaired) electrons. The predicted octanol–water partition coefficient (Wildman–Crippen LogP) is 0.493. The van der Waals surface area contributed by atoms with E-state index < -0.39 is 0 Å². The summed E-state index contributed by atoms with van der Waals surface area (Å²) in [6.45, 7) is 1.81. The van der Waals surface area contributed by atoms with E-state index >= 15 is 0 Å². The van der Waals surface area contributed by atoms with Gasteiger partial charge in [0.15, 0.2) is 0 Å². The van der Waals surface area contributed by atoms with E-state index in [1.807, 2.05) is 25.1 Å². The molecule has 0 bridgehead atoms. The van der Waals surface area contributed by atoms with Gasteiger partial charge < -0.3 is 4.79 Å². The molecule has 2 nitrogen and oxygen atoms in total. The van der Waals surface area contributed by atoms with E-state index in [1.54, 1.807) is 12.4 Å². The average Bonchev–Trinajstić information content (AvgIpc) is 2.08. The molecule has 0 amide bonds. The van der Waals surface area contributed by atoms with E-state index in [1.165, 1.54) is 0 Å². The minimum Gasteiger partial charge on any atom is -0.303 e. The molecule has 0 fully saturated rings. The summed E-state index contributed by atoms with van der Waals surface area (Å²) in [5.74, 6) is 0. The van der Waals surface area contributed by atoms with Crippen molar-refractivity contribution in [2.24, 2.45) is 0 Å². The highest BCUT2D eigenvalue weighted by Gasteiger charge is 1.58. The van der Waals surface area contributed by atoms with Gasteiger partial charge in [0.2, 0.25) is 0 Å². The second-order valence-electron chi connectivity index (χ2n) is 1.60. The Hall–Kier alpha value is -1.12. The number of nitrogens with zero attached hydrogens (tertiary/aromatic N) is 1. The molecule has 0 atom stereocenters. The zero-order chi connectivity index (χ0) is 7.66. The van der Waals surface area contributed by atoms with Gasteiger partial charge >= 0.3 is 0 Å². The van der Waals surface area contributed by atoms with Gasteiger partial charge in [0, 0.05) is 18.8 Å². The van der Waals surface area contributed by atoms with Crippen molar-refractivity contribution in [2.75, 3.05) is 0 Å². The highest BCUT2D eigenvalue weighted by atomic mass is 16.1. The average molecular weight is 151 g/mol. The Morgan fingerprint density at radius 1 is 1.27 bits per heavy atom. The van der Waals surface area contributed by atoms with Crippen LogP contribution in [0.5, 0.6) is 0 Å². The summed E-state index contributed by atoms with van der Waals surface area (Å²) < 4.78 is 0. The van der Waals surface area contributed by atoms with Crippen LogP contribution < -0.4 is 0 Å². The fourth-order valence-corrected chi connectivity index (χ4v) is 0.313. The molecule has 1 aromatic rings. The maximum atomic E-state index is 9.17. The molecule has 0 unspecified atom stereocenters. The van der Waals surface area contributed by atoms with E-state index in [0.29, 0.717) is 6.42 Å². The molecule has 1 aromatic heterocycles. The van der Waals surface area contributed by atoms with Crippen molar-refractivity contribution in [3.63, 3.8) is 0 Å². The molecular formula is C8H14BNO. The first-order chi connectivity index (χ1) is 4.91. The Balaban J connectivity index is 0. The Labute approximate surface area is 69.2 Å². The largest absolute Gasteiger partial charge is 0.303 e. The van der Waals surface area contributed by atoms with Crippen LogP contribution in [0.25, 0.3) is 0 Å². The van der Waals surface area contributed by atoms with Crippen LogP contribution in [0, 0.1) is 0 Å². The number of hydrogen-bond donors (Lipinski definition) is 0. The van der Waals surface area contributed by atoms with Gasteiger partial charge in [-0.1, -0.05) is 13.0 Å². The second kappa shape index (κ2) is 11.7. The number of aromatic nitrogens is 1. The van der Waals surface area contributed by atoms with Crippen LogP contribution in [0.3, 0.4) is 0 Å². The summed E-state index contributed by atoms with van der Waals surface area (Å²) in [4.78, 5) is 13.0. The van der Waals surface area contributed by atoms with Gasteiger partial charge in [0.05, 0.1) is 8.41 Å². The smallest absolute Gasteiger partial charge is 0.119 e. The molecule has 1 rings (SSSR count). The molecule has 0 spiro atoms. The number of hydrogen-bond acceptors (Lipinski definition) is 2. The molecule has 60 valence electrons. The number of carbonyl (C=O) groups excluding carboxylic acids is 1. The quantitative estimate of drug-likeness (QED) is 0.432. The molecule has 0 aromatic carbocycles. The summed E-state index contributed by atoms with van der Waals surface area (Å²) in [5, 5.41) is 0. The Kier molecular flexibility index (Phi) is 13.3. The standard InChI is InChI=1S/C5H5N.C3H6O.BH3/c1-2-4-6-5-3-1;1-2-3-4;/h1-5H;3H,2H2,1H3;1H3. The van der Waals surface area contributed by atoms with Crippen LogP contribution in [0.1, 0.15) is 13.3 Å². The van der Waals surface area contributed by atoms with Crippen molar-refractivity contribution in [3.8, 4) is 0 Å². The van der Waals surface area contributed by atoms with Crippen LogP contribution in [0.4, 0.5) is 0 Å². The minimum atomic E-state index is 0. The summed E-state index contributed by atoms with van der Waals surface area (Å²) in [5.41, 5.74) is 0. The third-order valence-corrected chi connectivity index (χ3v) is 0.733. The molecule has 0 N–H and O–H groups in total. The maximum Gasteiger partial charge on any atom is 0.119 e. The summed E-state index contributed by atoms with van der Waals surface area (Å²) in [7, 11) is 0. The van der Waals surface area contributed by atoms with E-state index in [4.69, 9.17) is 0 Å². The number of carbonyl (C=O) groups is 1. The fourth-order valence-electron chi connectivity index (χ4n) is 0.313. The molecule has 11 heavy (non-hydrogen) atoms. The molecule has 3 heteroatoms. The van der Waals surface area contributed by atoms with Crippen LogP contribution in [-0.4, -0.2) is 19.7 Å². The van der Waals surface area contributed by atoms with Gasteiger partial charge in [-0.3, -0.25) is 4.98 Å². The summed E-state index contributed by atoms with van der Waals surface area (Å²) in [6, 6.07) is 5.72. The lowest BCUT2D eigenvalue weighted by Crippen LogP contribution is -1.58. The van der Waals surface area contributed by atoms with Crippen molar-refractivity contribution in [3.05, 3.63) is 30.6 Å². The lowest BCUT2D eigenvalue weighted by molar-refractivity contribution is -0.107. The van der Waals surface area contributed by atoms with E-state index in [9.17, 15) is 4.79 Å². The topological polar surface area (TPSA) is 30.0 Å². The lowest BCUT2D eigenvalue weighted by atomic mass is 10.5. The van der Waals surface area contributed by atoms with Gasteiger partial charge in [-0.15, -0.1) is 0 Å². The maximum absolute atomic E-state index is 9.17. The van der Waals surface area contributed by atoms with E-state index in [0.717, 1.165) is 6.29 Å². The number of aldehydes is 1. The van der Waals surface area contributed by atoms with Crippen LogP contribution in [0.2, 0.25) is 0 Å². The van der Waals surface area contributed by atoms with Crippen molar-refractivity contribution < 1.29 is 4.79 Å². The van der Waals surface area contributed by atoms with Crippen LogP contribution in [0.15, 0.2) is 30.6 Å². The first kappa shape index (κ1) is 12.6. The van der Waals surface area contributed by atoms with Gasteiger partial charge in [-0.05, 0) is 12.1 Å². The molecule has 1 heterocycles. The van der Waals surface area contributed by atoms with Gasteiger partial charge in [0.1, 0.15) is 6.29 Å². The highest BCUT2D eigenvalue weighted by Crippen LogP contribution is 1.73. The van der Waals surface area contributed by atoms with Crippen molar-refractivity contribution in [1.29, 1.82) is 0 Å². The Morgan fingerprint density at radius 3 is 1.82 bits per heavy atom. The van der Waals surface area contributed by atoms with Gasteiger partial charge in [-0.25, -0.2) is 0 Å². The SMILES string of the molecule is B.CCC=O.c1ccncc1. The highest BCUT2D eigenvalue weighted by molar-refractivity contribution is 5.75. The molecular weight excluding hydrogens is 137 g/mol. The first-order valence-electron chi connectivity index (χ1n) is 3.20. The molecule has 0 aliphatic carbocycles. The zero-order valence-electron chi connectivity index (χ0n) is 6.03. The Bertz CT molecular complexity index is 129. The van der Waals surface area contributed by atoms with Crippen LogP contribution in [-0.2, 0) is 4.79 Å². The third kappa shape index (κ3) is 12.2. The fraction of sp³-hybridized carbons (Fsp3) is 0.250. The number of rotatable bonds is 1. The second-order valence-corrected chi connectivity index (χ2v) is 1.60. The monoisotopic (exact) mass is 151 g/mol. The van der Waals surface area contributed by atoms with E-state index in [-0.39, 0.29) is 8.41 Å². The predicted molar refractivity (Wildman–Crippen MR) is 50.5 cm³/mol. The first-order valence-corrected chi connectivity index (χ1v) is 3.20. The van der Waals surface area contributed by atoms with Gasteiger partial charge in [-0.2, -0.15) is 0 Å². The summed E-state index contributed by atoms with van der Waals surface area (Å²) in [6.07, 6.45) is 5.01. The van der Waals surface area contributed by atoms with Crippen molar-refractivity contribution in [2.45, 2.75) is 13.3 Å². The molecule has 0 aliphatic rings.